The second kappa shape index (κ2) is 8.66. The zero-order valence-corrected chi connectivity index (χ0v) is 18.1. The van der Waals surface area contributed by atoms with E-state index < -0.39 is 0 Å². The van der Waals surface area contributed by atoms with E-state index in [9.17, 15) is 4.79 Å². The van der Waals surface area contributed by atoms with E-state index >= 15 is 0 Å². The van der Waals surface area contributed by atoms with Crippen molar-refractivity contribution in [3.8, 4) is 22.1 Å². The summed E-state index contributed by atoms with van der Waals surface area (Å²) in [5, 5.41) is 2.66. The minimum atomic E-state index is -0.362. The summed E-state index contributed by atoms with van der Waals surface area (Å²) in [6, 6.07) is 13.2. The van der Waals surface area contributed by atoms with Gasteiger partial charge in [-0.15, -0.1) is 11.3 Å². The second-order valence-corrected chi connectivity index (χ2v) is 8.45. The fourth-order valence-corrected chi connectivity index (χ4v) is 3.71. The Kier molecular flexibility index (Phi) is 6.23. The molecule has 0 saturated carbocycles. The first-order valence-corrected chi connectivity index (χ1v) is 10.1. The van der Waals surface area contributed by atoms with Crippen LogP contribution in [0.25, 0.3) is 10.6 Å². The third-order valence-electron chi connectivity index (χ3n) is 4.52. The van der Waals surface area contributed by atoms with Crippen molar-refractivity contribution in [1.82, 2.24) is 4.98 Å². The van der Waals surface area contributed by atoms with E-state index in [1.807, 2.05) is 35.7 Å². The highest BCUT2D eigenvalue weighted by atomic mass is 32.1. The molecule has 29 heavy (non-hydrogen) atoms. The molecule has 0 aliphatic heterocycles. The molecular weight excluding hydrogens is 386 g/mol. The van der Waals surface area contributed by atoms with Gasteiger partial charge in [0, 0.05) is 5.38 Å². The van der Waals surface area contributed by atoms with Gasteiger partial charge in [0.1, 0.15) is 11.6 Å². The Morgan fingerprint density at radius 2 is 1.76 bits per heavy atom. The first kappa shape index (κ1) is 20.9. The monoisotopic (exact) mass is 411 g/mol. The first-order valence-electron chi connectivity index (χ1n) is 9.27. The molecule has 5 nitrogen and oxygen atoms in total. The molecule has 0 atom stereocenters. The van der Waals surface area contributed by atoms with E-state index in [2.05, 4.69) is 25.8 Å². The van der Waals surface area contributed by atoms with Crippen LogP contribution in [0.3, 0.4) is 0 Å². The Morgan fingerprint density at radius 1 is 1.03 bits per heavy atom. The van der Waals surface area contributed by atoms with Crippen LogP contribution in [0.2, 0.25) is 0 Å². The van der Waals surface area contributed by atoms with E-state index in [-0.39, 0.29) is 18.0 Å². The predicted molar refractivity (Wildman–Crippen MR) is 115 cm³/mol. The number of aromatic nitrogens is 1. The number of thiazole rings is 1. The molecule has 0 aliphatic rings. The molecule has 0 unspecified atom stereocenters. The predicted octanol–water partition coefficient (Wildman–Crippen LogP) is 5.48. The third-order valence-corrected chi connectivity index (χ3v) is 5.45. The van der Waals surface area contributed by atoms with Gasteiger partial charge in [0.05, 0.1) is 31.0 Å². The van der Waals surface area contributed by atoms with Gasteiger partial charge in [-0.3, -0.25) is 0 Å². The van der Waals surface area contributed by atoms with Crippen LogP contribution in [0.5, 0.6) is 11.5 Å². The molecule has 6 heteroatoms. The Balaban J connectivity index is 1.69. The minimum absolute atomic E-state index is 0.0423. The SMILES string of the molecule is COc1cccc(-c2nc(COC(=O)c3ccc(C(C)(C)C)cc3)cs2)c1OC. The molecule has 1 aromatic heterocycles. The molecule has 152 valence electrons. The van der Waals surface area contributed by atoms with Crippen molar-refractivity contribution in [3.05, 3.63) is 64.7 Å². The Morgan fingerprint density at radius 3 is 2.38 bits per heavy atom. The molecule has 0 aliphatic carbocycles. The smallest absolute Gasteiger partial charge is 0.338 e. The maximum Gasteiger partial charge on any atom is 0.338 e. The fraction of sp³-hybridized carbons (Fsp3) is 0.304. The summed E-state index contributed by atoms with van der Waals surface area (Å²) in [5.74, 6) is 0.915. The van der Waals surface area contributed by atoms with E-state index in [1.54, 1.807) is 26.4 Å². The van der Waals surface area contributed by atoms with Gasteiger partial charge in [0.2, 0.25) is 0 Å². The third kappa shape index (κ3) is 4.77. The summed E-state index contributed by atoms with van der Waals surface area (Å²) in [6.07, 6.45) is 0. The van der Waals surface area contributed by atoms with Crippen LogP contribution in [0, 0.1) is 0 Å². The lowest BCUT2D eigenvalue weighted by Gasteiger charge is -2.18. The number of esters is 1. The van der Waals surface area contributed by atoms with Crippen molar-refractivity contribution in [2.45, 2.75) is 32.8 Å². The number of carbonyl (C=O) groups is 1. The highest BCUT2D eigenvalue weighted by Crippen LogP contribution is 2.39. The maximum absolute atomic E-state index is 12.4. The van der Waals surface area contributed by atoms with Crippen molar-refractivity contribution in [2.75, 3.05) is 14.2 Å². The van der Waals surface area contributed by atoms with Gasteiger partial charge in [0.15, 0.2) is 11.5 Å². The van der Waals surface area contributed by atoms with E-state index in [4.69, 9.17) is 14.2 Å². The minimum Gasteiger partial charge on any atom is -0.493 e. The lowest BCUT2D eigenvalue weighted by atomic mass is 9.87. The molecule has 2 aromatic carbocycles. The number of hydrogen-bond donors (Lipinski definition) is 0. The molecule has 0 bridgehead atoms. The van der Waals surface area contributed by atoms with E-state index in [0.717, 1.165) is 10.6 Å². The number of benzene rings is 2. The zero-order chi connectivity index (χ0) is 21.0. The molecule has 1 heterocycles. The number of hydrogen-bond acceptors (Lipinski definition) is 6. The van der Waals surface area contributed by atoms with Crippen LogP contribution >= 0.6 is 11.3 Å². The Bertz CT molecular complexity index is 987. The van der Waals surface area contributed by atoms with Gasteiger partial charge in [-0.1, -0.05) is 39.0 Å². The van der Waals surface area contributed by atoms with Gasteiger partial charge >= 0.3 is 5.97 Å². The molecule has 3 rings (SSSR count). The molecule has 0 fully saturated rings. The molecular formula is C23H25NO4S. The lowest BCUT2D eigenvalue weighted by molar-refractivity contribution is 0.0468. The van der Waals surface area contributed by atoms with Gasteiger partial charge in [-0.05, 0) is 35.2 Å². The van der Waals surface area contributed by atoms with Crippen molar-refractivity contribution in [3.63, 3.8) is 0 Å². The Hall–Kier alpha value is -2.86. The standard InChI is InChI=1S/C23H25NO4S/c1-23(2,3)16-11-9-15(10-12-16)22(25)28-13-17-14-29-21(24-17)18-7-6-8-19(26-4)20(18)27-5/h6-12,14H,13H2,1-5H3. The highest BCUT2D eigenvalue weighted by Gasteiger charge is 2.17. The lowest BCUT2D eigenvalue weighted by Crippen LogP contribution is -2.12. The molecule has 0 N–H and O–H groups in total. The number of carbonyl (C=O) groups excluding carboxylic acids is 1. The van der Waals surface area contributed by atoms with Crippen LogP contribution in [0.4, 0.5) is 0 Å². The summed E-state index contributed by atoms with van der Waals surface area (Å²) in [7, 11) is 3.20. The summed E-state index contributed by atoms with van der Waals surface area (Å²) in [4.78, 5) is 16.9. The summed E-state index contributed by atoms with van der Waals surface area (Å²) in [5.41, 5.74) is 3.27. The normalized spacial score (nSPS) is 11.2. The van der Waals surface area contributed by atoms with E-state index in [1.165, 1.54) is 16.9 Å². The maximum atomic E-state index is 12.4. The van der Waals surface area contributed by atoms with Gasteiger partial charge < -0.3 is 14.2 Å². The quantitative estimate of drug-likeness (QED) is 0.503. The number of methoxy groups -OCH3 is 2. The van der Waals surface area contributed by atoms with Crippen LogP contribution in [-0.2, 0) is 16.8 Å². The van der Waals surface area contributed by atoms with Crippen molar-refractivity contribution in [2.24, 2.45) is 0 Å². The average molecular weight is 412 g/mol. The fourth-order valence-electron chi connectivity index (χ4n) is 2.88. The van der Waals surface area contributed by atoms with Crippen LogP contribution in [0.15, 0.2) is 47.8 Å². The molecule has 0 spiro atoms. The molecule has 0 amide bonds. The summed E-state index contributed by atoms with van der Waals surface area (Å²) in [6.45, 7) is 6.52. The Labute approximate surface area is 175 Å². The average Bonchev–Trinajstić information content (AvgIpc) is 3.19. The highest BCUT2D eigenvalue weighted by molar-refractivity contribution is 7.13. The number of rotatable bonds is 6. The van der Waals surface area contributed by atoms with Crippen LogP contribution in [-0.4, -0.2) is 25.2 Å². The molecule has 0 saturated heterocycles. The van der Waals surface area contributed by atoms with Crippen LogP contribution < -0.4 is 9.47 Å². The van der Waals surface area contributed by atoms with Gasteiger partial charge in [-0.2, -0.15) is 0 Å². The van der Waals surface area contributed by atoms with Crippen molar-refractivity contribution >= 4 is 17.3 Å². The van der Waals surface area contributed by atoms with Crippen LogP contribution in [0.1, 0.15) is 42.4 Å². The number of para-hydroxylation sites is 1. The molecule has 3 aromatic rings. The molecule has 0 radical (unpaired) electrons. The van der Waals surface area contributed by atoms with E-state index in [0.29, 0.717) is 22.8 Å². The topological polar surface area (TPSA) is 57.7 Å². The number of ether oxygens (including phenoxy) is 3. The second-order valence-electron chi connectivity index (χ2n) is 7.59. The largest absolute Gasteiger partial charge is 0.493 e. The number of nitrogens with zero attached hydrogens (tertiary/aromatic N) is 1. The van der Waals surface area contributed by atoms with Crippen molar-refractivity contribution < 1.29 is 19.0 Å². The van der Waals surface area contributed by atoms with Gasteiger partial charge in [0.25, 0.3) is 0 Å². The van der Waals surface area contributed by atoms with Crippen molar-refractivity contribution in [1.29, 1.82) is 0 Å². The summed E-state index contributed by atoms with van der Waals surface area (Å²) >= 11 is 1.47. The van der Waals surface area contributed by atoms with Gasteiger partial charge in [-0.25, -0.2) is 9.78 Å². The summed E-state index contributed by atoms with van der Waals surface area (Å²) < 4.78 is 16.3. The zero-order valence-electron chi connectivity index (χ0n) is 17.3. The first-order chi connectivity index (χ1) is 13.8.